The Balaban J connectivity index is 1.86. The summed E-state index contributed by atoms with van der Waals surface area (Å²) in [6, 6.07) is 0. The van der Waals surface area contributed by atoms with E-state index in [1.807, 2.05) is 0 Å². The molecule has 17 heavy (non-hydrogen) atoms. The van der Waals surface area contributed by atoms with Crippen molar-refractivity contribution in [2.45, 2.75) is 39.0 Å². The predicted octanol–water partition coefficient (Wildman–Crippen LogP) is 2.86. The first kappa shape index (κ1) is 12.2. The van der Waals surface area contributed by atoms with E-state index in [1.54, 1.807) is 5.38 Å². The second kappa shape index (κ2) is 5.40. The zero-order valence-corrected chi connectivity index (χ0v) is 10.7. The molecule has 1 aliphatic carbocycles. The van der Waals surface area contributed by atoms with Gasteiger partial charge in [-0.25, -0.2) is 4.98 Å². The minimum atomic E-state index is -0.0717. The van der Waals surface area contributed by atoms with Gasteiger partial charge in [-0.15, -0.1) is 11.3 Å². The van der Waals surface area contributed by atoms with Gasteiger partial charge in [-0.05, 0) is 18.8 Å². The van der Waals surface area contributed by atoms with Gasteiger partial charge in [0.2, 0.25) is 5.91 Å². The summed E-state index contributed by atoms with van der Waals surface area (Å²) in [6.07, 6.45) is 5.37. The van der Waals surface area contributed by atoms with Crippen LogP contribution in [0.2, 0.25) is 0 Å². The summed E-state index contributed by atoms with van der Waals surface area (Å²) in [7, 11) is 0. The molecule has 5 heteroatoms. The Hall–Kier alpha value is -1.23. The third kappa shape index (κ3) is 3.36. The molecule has 0 atom stereocenters. The monoisotopic (exact) mass is 252 g/mol. The molecule has 1 aromatic rings. The number of hydrogen-bond acceptors (Lipinski definition) is 4. The highest BCUT2D eigenvalue weighted by molar-refractivity contribution is 7.14. The minimum Gasteiger partial charge on any atom is -0.302 e. The number of Topliss-reactive ketones (excluding diaryl/α,β-unsaturated/α-hetero) is 1. The number of aromatic nitrogens is 1. The quantitative estimate of drug-likeness (QED) is 0.838. The van der Waals surface area contributed by atoms with Crippen LogP contribution in [0.3, 0.4) is 0 Å². The van der Waals surface area contributed by atoms with Gasteiger partial charge in [0, 0.05) is 18.7 Å². The Morgan fingerprint density at radius 1 is 1.47 bits per heavy atom. The number of thiazole rings is 1. The van der Waals surface area contributed by atoms with E-state index in [9.17, 15) is 9.59 Å². The van der Waals surface area contributed by atoms with Crippen LogP contribution in [0, 0.1) is 5.92 Å². The van der Waals surface area contributed by atoms with Crippen LogP contribution in [0.25, 0.3) is 0 Å². The van der Waals surface area contributed by atoms with E-state index >= 15 is 0 Å². The zero-order valence-electron chi connectivity index (χ0n) is 9.86. The maximum Gasteiger partial charge on any atom is 0.226 e. The Morgan fingerprint density at radius 2 is 2.18 bits per heavy atom. The minimum absolute atomic E-state index is 0.0151. The van der Waals surface area contributed by atoms with E-state index in [4.69, 9.17) is 0 Å². The third-order valence-corrected chi connectivity index (χ3v) is 3.82. The molecule has 2 rings (SSSR count). The molecular formula is C12H16N2O2S. The van der Waals surface area contributed by atoms with Crippen molar-refractivity contribution < 1.29 is 9.59 Å². The van der Waals surface area contributed by atoms with E-state index in [-0.39, 0.29) is 11.7 Å². The van der Waals surface area contributed by atoms with E-state index in [0.717, 1.165) is 12.8 Å². The third-order valence-electron chi connectivity index (χ3n) is 3.06. The fourth-order valence-corrected chi connectivity index (χ4v) is 2.91. The van der Waals surface area contributed by atoms with Gasteiger partial charge in [0.15, 0.2) is 10.9 Å². The average Bonchev–Trinajstić information content (AvgIpc) is 2.88. The molecule has 1 N–H and O–H groups in total. The Kier molecular flexibility index (Phi) is 3.89. The second-order valence-corrected chi connectivity index (χ2v) is 5.35. The fourth-order valence-electron chi connectivity index (χ4n) is 2.14. The maximum atomic E-state index is 11.7. The van der Waals surface area contributed by atoms with E-state index in [2.05, 4.69) is 10.3 Å². The Morgan fingerprint density at radius 3 is 2.76 bits per heavy atom. The summed E-state index contributed by atoms with van der Waals surface area (Å²) in [5.74, 6) is 0.473. The standard InChI is InChI=1S/C12H16N2O2S/c1-8(15)10-7-17-12(13-10)14-11(16)6-9-4-2-3-5-9/h7,9H,2-6H2,1H3,(H,13,14,16). The molecule has 0 unspecified atom stereocenters. The molecule has 92 valence electrons. The molecule has 0 aromatic carbocycles. The summed E-state index contributed by atoms with van der Waals surface area (Å²) in [5, 5.41) is 4.96. The summed E-state index contributed by atoms with van der Waals surface area (Å²) in [6.45, 7) is 1.47. The van der Waals surface area contributed by atoms with Crippen molar-refractivity contribution in [1.82, 2.24) is 4.98 Å². The van der Waals surface area contributed by atoms with Crippen LogP contribution >= 0.6 is 11.3 Å². The van der Waals surface area contributed by atoms with E-state index in [0.29, 0.717) is 23.2 Å². The molecule has 1 saturated carbocycles. The number of carbonyl (C=O) groups excluding carboxylic acids is 2. The first-order chi connectivity index (χ1) is 8.15. The highest BCUT2D eigenvalue weighted by atomic mass is 32.1. The normalized spacial score (nSPS) is 16.1. The molecule has 1 fully saturated rings. The average molecular weight is 252 g/mol. The molecule has 0 saturated heterocycles. The zero-order chi connectivity index (χ0) is 12.3. The predicted molar refractivity (Wildman–Crippen MR) is 67.3 cm³/mol. The van der Waals surface area contributed by atoms with Crippen LogP contribution in [0.5, 0.6) is 0 Å². The van der Waals surface area contributed by atoms with Gasteiger partial charge in [0.05, 0.1) is 0 Å². The van der Waals surface area contributed by atoms with Crippen LogP contribution in [0.4, 0.5) is 5.13 Å². The molecule has 0 radical (unpaired) electrons. The topological polar surface area (TPSA) is 59.1 Å². The first-order valence-corrected chi connectivity index (χ1v) is 6.79. The molecule has 0 spiro atoms. The van der Waals surface area contributed by atoms with Crippen molar-refractivity contribution in [2.75, 3.05) is 5.32 Å². The Bertz CT molecular complexity index is 422. The second-order valence-electron chi connectivity index (χ2n) is 4.50. The SMILES string of the molecule is CC(=O)c1csc(NC(=O)CC2CCCC2)n1. The van der Waals surface area contributed by atoms with Crippen molar-refractivity contribution in [3.8, 4) is 0 Å². The number of carbonyl (C=O) groups is 2. The van der Waals surface area contributed by atoms with Crippen LogP contribution in [0.15, 0.2) is 5.38 Å². The van der Waals surface area contributed by atoms with Crippen molar-refractivity contribution in [3.05, 3.63) is 11.1 Å². The molecule has 4 nitrogen and oxygen atoms in total. The number of rotatable bonds is 4. The van der Waals surface area contributed by atoms with Gasteiger partial charge in [0.25, 0.3) is 0 Å². The highest BCUT2D eigenvalue weighted by Gasteiger charge is 2.19. The molecule has 0 aliphatic heterocycles. The van der Waals surface area contributed by atoms with Crippen LogP contribution in [-0.2, 0) is 4.79 Å². The van der Waals surface area contributed by atoms with Gasteiger partial charge >= 0.3 is 0 Å². The largest absolute Gasteiger partial charge is 0.302 e. The molecule has 1 aliphatic rings. The van der Waals surface area contributed by atoms with Gasteiger partial charge in [-0.3, -0.25) is 9.59 Å². The van der Waals surface area contributed by atoms with Crippen molar-refractivity contribution >= 4 is 28.2 Å². The molecule has 1 heterocycles. The lowest BCUT2D eigenvalue weighted by Crippen LogP contribution is -2.15. The smallest absolute Gasteiger partial charge is 0.226 e. The van der Waals surface area contributed by atoms with Crippen molar-refractivity contribution in [2.24, 2.45) is 5.92 Å². The first-order valence-electron chi connectivity index (χ1n) is 5.91. The Labute approximate surface area is 104 Å². The molecule has 0 bridgehead atoms. The number of amides is 1. The lowest BCUT2D eigenvalue weighted by atomic mass is 10.0. The van der Waals surface area contributed by atoms with Crippen LogP contribution < -0.4 is 5.32 Å². The lowest BCUT2D eigenvalue weighted by molar-refractivity contribution is -0.117. The summed E-state index contributed by atoms with van der Waals surface area (Å²) >= 11 is 1.30. The van der Waals surface area contributed by atoms with Gasteiger partial charge in [-0.2, -0.15) is 0 Å². The maximum absolute atomic E-state index is 11.7. The van der Waals surface area contributed by atoms with Gasteiger partial charge in [0.1, 0.15) is 5.69 Å². The number of nitrogens with zero attached hydrogens (tertiary/aromatic N) is 1. The lowest BCUT2D eigenvalue weighted by Gasteiger charge is -2.07. The van der Waals surface area contributed by atoms with Crippen LogP contribution in [0.1, 0.15) is 49.5 Å². The highest BCUT2D eigenvalue weighted by Crippen LogP contribution is 2.28. The summed E-state index contributed by atoms with van der Waals surface area (Å²) < 4.78 is 0. The molecule has 1 amide bonds. The molecular weight excluding hydrogens is 236 g/mol. The number of ketones is 1. The molecule has 1 aromatic heterocycles. The summed E-state index contributed by atoms with van der Waals surface area (Å²) in [4.78, 5) is 26.8. The van der Waals surface area contributed by atoms with Gasteiger partial charge < -0.3 is 5.32 Å². The van der Waals surface area contributed by atoms with E-state index in [1.165, 1.54) is 31.1 Å². The number of hydrogen-bond donors (Lipinski definition) is 1. The van der Waals surface area contributed by atoms with Gasteiger partial charge in [-0.1, -0.05) is 12.8 Å². The summed E-state index contributed by atoms with van der Waals surface area (Å²) in [5.41, 5.74) is 0.422. The number of anilines is 1. The fraction of sp³-hybridized carbons (Fsp3) is 0.583. The van der Waals surface area contributed by atoms with Crippen molar-refractivity contribution in [3.63, 3.8) is 0 Å². The van der Waals surface area contributed by atoms with E-state index < -0.39 is 0 Å². The van der Waals surface area contributed by atoms with Crippen LogP contribution in [-0.4, -0.2) is 16.7 Å². The van der Waals surface area contributed by atoms with Crippen molar-refractivity contribution in [1.29, 1.82) is 0 Å². The number of nitrogens with one attached hydrogen (secondary N) is 1.